The normalized spacial score (nSPS) is 11.1. The minimum absolute atomic E-state index is 0.121. The SMILES string of the molecule is NCCCc1cn(CCCO)c2cccc(C(=O)O)c12. The van der Waals surface area contributed by atoms with Crippen LogP contribution in [0, 0.1) is 0 Å². The van der Waals surface area contributed by atoms with Gasteiger partial charge in [-0.05, 0) is 43.5 Å². The second-order valence-electron chi connectivity index (χ2n) is 4.82. The quantitative estimate of drug-likeness (QED) is 0.717. The zero-order chi connectivity index (χ0) is 14.5. The first-order chi connectivity index (χ1) is 9.69. The summed E-state index contributed by atoms with van der Waals surface area (Å²) in [5.74, 6) is -0.912. The number of aryl methyl sites for hydroxylation is 2. The molecule has 0 atom stereocenters. The number of fused-ring (bicyclic) bond motifs is 1. The Hall–Kier alpha value is -1.85. The molecule has 1 heterocycles. The van der Waals surface area contributed by atoms with Gasteiger partial charge in [-0.15, -0.1) is 0 Å². The van der Waals surface area contributed by atoms with E-state index in [2.05, 4.69) is 0 Å². The molecule has 0 aliphatic heterocycles. The minimum Gasteiger partial charge on any atom is -0.478 e. The van der Waals surface area contributed by atoms with Gasteiger partial charge in [0, 0.05) is 30.3 Å². The molecule has 1 aromatic heterocycles. The van der Waals surface area contributed by atoms with Crippen LogP contribution in [-0.2, 0) is 13.0 Å². The molecule has 2 rings (SSSR count). The van der Waals surface area contributed by atoms with E-state index in [9.17, 15) is 9.90 Å². The number of aromatic nitrogens is 1. The number of carboxylic acid groups (broad SMARTS) is 1. The number of nitrogens with zero attached hydrogens (tertiary/aromatic N) is 1. The molecular formula is C15H20N2O3. The molecule has 0 fully saturated rings. The second-order valence-corrected chi connectivity index (χ2v) is 4.82. The van der Waals surface area contributed by atoms with Crippen LogP contribution in [0.1, 0.15) is 28.8 Å². The third kappa shape index (κ3) is 2.84. The molecule has 0 aliphatic carbocycles. The molecule has 4 N–H and O–H groups in total. The number of carboxylic acids is 1. The molecule has 1 aromatic carbocycles. The number of rotatable bonds is 7. The molecule has 5 nitrogen and oxygen atoms in total. The largest absolute Gasteiger partial charge is 0.478 e. The van der Waals surface area contributed by atoms with Crippen molar-refractivity contribution >= 4 is 16.9 Å². The van der Waals surface area contributed by atoms with Gasteiger partial charge < -0.3 is 20.5 Å². The van der Waals surface area contributed by atoms with E-state index in [0.29, 0.717) is 25.1 Å². The van der Waals surface area contributed by atoms with Crippen LogP contribution in [0.3, 0.4) is 0 Å². The lowest BCUT2D eigenvalue weighted by Crippen LogP contribution is -2.01. The van der Waals surface area contributed by atoms with Crippen LogP contribution in [0.2, 0.25) is 0 Å². The Kier molecular flexibility index (Phi) is 4.76. The van der Waals surface area contributed by atoms with Gasteiger partial charge in [0.1, 0.15) is 0 Å². The lowest BCUT2D eigenvalue weighted by atomic mass is 10.0. The van der Waals surface area contributed by atoms with Crippen molar-refractivity contribution in [3.05, 3.63) is 35.5 Å². The molecule has 0 saturated carbocycles. The van der Waals surface area contributed by atoms with Crippen LogP contribution in [0.5, 0.6) is 0 Å². The Labute approximate surface area is 117 Å². The fourth-order valence-corrected chi connectivity index (χ4v) is 2.53. The van der Waals surface area contributed by atoms with Crippen LogP contribution < -0.4 is 5.73 Å². The van der Waals surface area contributed by atoms with Crippen molar-refractivity contribution < 1.29 is 15.0 Å². The number of aromatic carboxylic acids is 1. The molecule has 0 amide bonds. The van der Waals surface area contributed by atoms with Crippen molar-refractivity contribution in [2.24, 2.45) is 5.73 Å². The number of carbonyl (C=O) groups is 1. The molecule has 20 heavy (non-hydrogen) atoms. The zero-order valence-corrected chi connectivity index (χ0v) is 11.4. The summed E-state index contributed by atoms with van der Waals surface area (Å²) in [6.45, 7) is 1.38. The minimum atomic E-state index is -0.912. The third-order valence-corrected chi connectivity index (χ3v) is 3.42. The number of hydrogen-bond donors (Lipinski definition) is 3. The highest BCUT2D eigenvalue weighted by Gasteiger charge is 2.15. The lowest BCUT2D eigenvalue weighted by Gasteiger charge is -2.04. The molecule has 0 unspecified atom stereocenters. The predicted molar refractivity (Wildman–Crippen MR) is 78.0 cm³/mol. The Balaban J connectivity index is 2.54. The summed E-state index contributed by atoms with van der Waals surface area (Å²) in [5, 5.41) is 19.1. The van der Waals surface area contributed by atoms with Crippen LogP contribution >= 0.6 is 0 Å². The van der Waals surface area contributed by atoms with Crippen LogP contribution in [0.25, 0.3) is 10.9 Å². The molecule has 2 aromatic rings. The average Bonchev–Trinajstić information content (AvgIpc) is 2.80. The van der Waals surface area contributed by atoms with Gasteiger partial charge in [-0.1, -0.05) is 6.07 Å². The highest BCUT2D eigenvalue weighted by Crippen LogP contribution is 2.26. The maximum atomic E-state index is 11.4. The van der Waals surface area contributed by atoms with Crippen molar-refractivity contribution in [2.75, 3.05) is 13.2 Å². The number of benzene rings is 1. The molecule has 108 valence electrons. The Bertz CT molecular complexity index is 604. The van der Waals surface area contributed by atoms with E-state index in [-0.39, 0.29) is 6.61 Å². The van der Waals surface area contributed by atoms with Crippen molar-refractivity contribution in [2.45, 2.75) is 25.8 Å². The van der Waals surface area contributed by atoms with E-state index in [1.807, 2.05) is 16.8 Å². The summed E-state index contributed by atoms with van der Waals surface area (Å²) in [4.78, 5) is 11.4. The molecule has 0 saturated heterocycles. The summed E-state index contributed by atoms with van der Waals surface area (Å²) >= 11 is 0. The monoisotopic (exact) mass is 276 g/mol. The summed E-state index contributed by atoms with van der Waals surface area (Å²) < 4.78 is 2.02. The van der Waals surface area contributed by atoms with Gasteiger partial charge in [-0.25, -0.2) is 4.79 Å². The summed E-state index contributed by atoms with van der Waals surface area (Å²) in [6, 6.07) is 5.31. The Morgan fingerprint density at radius 1 is 1.30 bits per heavy atom. The molecule has 5 heteroatoms. The van der Waals surface area contributed by atoms with Gasteiger partial charge in [-0.2, -0.15) is 0 Å². The van der Waals surface area contributed by atoms with E-state index in [1.165, 1.54) is 0 Å². The zero-order valence-electron chi connectivity index (χ0n) is 11.4. The molecule has 0 spiro atoms. The molecule has 0 aliphatic rings. The van der Waals surface area contributed by atoms with Crippen LogP contribution in [0.15, 0.2) is 24.4 Å². The number of hydrogen-bond acceptors (Lipinski definition) is 3. The molecule has 0 radical (unpaired) electrons. The molecule has 0 bridgehead atoms. The number of nitrogens with two attached hydrogens (primary N) is 1. The lowest BCUT2D eigenvalue weighted by molar-refractivity contribution is 0.0699. The van der Waals surface area contributed by atoms with Gasteiger partial charge in [0.05, 0.1) is 5.56 Å². The molecular weight excluding hydrogens is 256 g/mol. The van der Waals surface area contributed by atoms with Crippen molar-refractivity contribution in [3.8, 4) is 0 Å². The van der Waals surface area contributed by atoms with Gasteiger partial charge in [0.2, 0.25) is 0 Å². The first-order valence-electron chi connectivity index (χ1n) is 6.84. The summed E-state index contributed by atoms with van der Waals surface area (Å²) in [5.41, 5.74) is 7.80. The first-order valence-corrected chi connectivity index (χ1v) is 6.84. The average molecular weight is 276 g/mol. The first kappa shape index (κ1) is 14.6. The van der Waals surface area contributed by atoms with Gasteiger partial charge >= 0.3 is 5.97 Å². The highest BCUT2D eigenvalue weighted by atomic mass is 16.4. The standard InChI is InChI=1S/C15H20N2O3/c16-7-2-4-11-10-17(8-3-9-18)13-6-1-5-12(14(11)13)15(19)20/h1,5-6,10,18H,2-4,7-9,16H2,(H,19,20). The second kappa shape index (κ2) is 6.54. The highest BCUT2D eigenvalue weighted by molar-refractivity contribution is 6.04. The topological polar surface area (TPSA) is 88.5 Å². The van der Waals surface area contributed by atoms with Gasteiger partial charge in [-0.3, -0.25) is 0 Å². The van der Waals surface area contributed by atoms with Crippen LogP contribution in [0.4, 0.5) is 0 Å². The van der Waals surface area contributed by atoms with Crippen molar-refractivity contribution in [1.82, 2.24) is 4.57 Å². The number of aliphatic hydroxyl groups is 1. The van der Waals surface area contributed by atoms with E-state index in [4.69, 9.17) is 10.8 Å². The third-order valence-electron chi connectivity index (χ3n) is 3.42. The Morgan fingerprint density at radius 2 is 2.10 bits per heavy atom. The van der Waals surface area contributed by atoms with Crippen LogP contribution in [-0.4, -0.2) is 33.9 Å². The fraction of sp³-hybridized carbons (Fsp3) is 0.400. The van der Waals surface area contributed by atoms with Gasteiger partial charge in [0.25, 0.3) is 0 Å². The van der Waals surface area contributed by atoms with Crippen molar-refractivity contribution in [3.63, 3.8) is 0 Å². The summed E-state index contributed by atoms with van der Waals surface area (Å²) in [7, 11) is 0. The predicted octanol–water partition coefficient (Wildman–Crippen LogP) is 1.61. The van der Waals surface area contributed by atoms with E-state index in [0.717, 1.165) is 29.3 Å². The smallest absolute Gasteiger partial charge is 0.336 e. The number of aliphatic hydroxyl groups excluding tert-OH is 1. The summed E-state index contributed by atoms with van der Waals surface area (Å²) in [6.07, 6.45) is 4.23. The van der Waals surface area contributed by atoms with E-state index < -0.39 is 5.97 Å². The van der Waals surface area contributed by atoms with E-state index >= 15 is 0 Å². The van der Waals surface area contributed by atoms with Gasteiger partial charge in [0.15, 0.2) is 0 Å². The Morgan fingerprint density at radius 3 is 2.75 bits per heavy atom. The maximum Gasteiger partial charge on any atom is 0.336 e. The fourth-order valence-electron chi connectivity index (χ4n) is 2.53. The maximum absolute atomic E-state index is 11.4. The van der Waals surface area contributed by atoms with Crippen molar-refractivity contribution in [1.29, 1.82) is 0 Å². The van der Waals surface area contributed by atoms with E-state index in [1.54, 1.807) is 12.1 Å².